The van der Waals surface area contributed by atoms with E-state index in [0.29, 0.717) is 11.8 Å². The Morgan fingerprint density at radius 3 is 2.89 bits per heavy atom. The summed E-state index contributed by atoms with van der Waals surface area (Å²) in [6, 6.07) is 0.578. The summed E-state index contributed by atoms with van der Waals surface area (Å²) in [5.41, 5.74) is 0.718. The number of fused-ring (bicyclic) bond motifs is 3. The second-order valence-corrected chi connectivity index (χ2v) is 5.46. The SMILES string of the molecule is COC(C)=C1C(=O)N2CC3CCCN3C2CN1C. The molecule has 0 radical (unpaired) electrons. The van der Waals surface area contributed by atoms with E-state index in [-0.39, 0.29) is 12.1 Å². The largest absolute Gasteiger partial charge is 0.499 e. The number of allylic oxidation sites excluding steroid dienone is 1. The van der Waals surface area contributed by atoms with E-state index in [1.165, 1.54) is 12.8 Å². The molecule has 3 aliphatic heterocycles. The first kappa shape index (κ1) is 11.8. The molecule has 3 fully saturated rings. The molecule has 0 N–H and O–H groups in total. The van der Waals surface area contributed by atoms with Gasteiger partial charge in [0.2, 0.25) is 0 Å². The topological polar surface area (TPSA) is 36.0 Å². The van der Waals surface area contributed by atoms with Gasteiger partial charge in [0.1, 0.15) is 17.6 Å². The maximum atomic E-state index is 12.6. The van der Waals surface area contributed by atoms with Crippen LogP contribution in [0.1, 0.15) is 19.8 Å². The Kier molecular flexibility index (Phi) is 2.73. The minimum absolute atomic E-state index is 0.127. The van der Waals surface area contributed by atoms with Gasteiger partial charge in [-0.3, -0.25) is 9.69 Å². The van der Waals surface area contributed by atoms with Crippen molar-refractivity contribution in [1.82, 2.24) is 14.7 Å². The van der Waals surface area contributed by atoms with Gasteiger partial charge in [-0.15, -0.1) is 0 Å². The van der Waals surface area contributed by atoms with Gasteiger partial charge in [-0.2, -0.15) is 0 Å². The average molecular weight is 251 g/mol. The van der Waals surface area contributed by atoms with Crippen molar-refractivity contribution >= 4 is 5.91 Å². The van der Waals surface area contributed by atoms with Gasteiger partial charge in [0, 0.05) is 26.2 Å². The maximum absolute atomic E-state index is 12.6. The van der Waals surface area contributed by atoms with Crippen LogP contribution in [0.2, 0.25) is 0 Å². The van der Waals surface area contributed by atoms with Gasteiger partial charge in [-0.05, 0) is 19.8 Å². The normalized spacial score (nSPS) is 34.7. The second kappa shape index (κ2) is 4.16. The van der Waals surface area contributed by atoms with Gasteiger partial charge in [0.15, 0.2) is 0 Å². The van der Waals surface area contributed by atoms with Crippen molar-refractivity contribution in [3.8, 4) is 0 Å². The minimum Gasteiger partial charge on any atom is -0.499 e. The van der Waals surface area contributed by atoms with Crippen molar-refractivity contribution in [2.75, 3.05) is 33.8 Å². The number of likely N-dealkylation sites (N-methyl/N-ethyl adjacent to an activating group) is 1. The van der Waals surface area contributed by atoms with Crippen LogP contribution in [-0.4, -0.2) is 66.6 Å². The molecule has 3 rings (SSSR count). The highest BCUT2D eigenvalue weighted by Crippen LogP contribution is 2.34. The van der Waals surface area contributed by atoms with Crippen molar-refractivity contribution in [2.24, 2.45) is 0 Å². The Morgan fingerprint density at radius 1 is 1.39 bits per heavy atom. The number of carbonyl (C=O) groups is 1. The maximum Gasteiger partial charge on any atom is 0.274 e. The third kappa shape index (κ3) is 1.53. The van der Waals surface area contributed by atoms with Crippen LogP contribution in [-0.2, 0) is 9.53 Å². The molecule has 3 heterocycles. The zero-order valence-electron chi connectivity index (χ0n) is 11.3. The van der Waals surface area contributed by atoms with Crippen LogP contribution in [0.4, 0.5) is 0 Å². The van der Waals surface area contributed by atoms with Crippen molar-refractivity contribution in [3.05, 3.63) is 11.5 Å². The van der Waals surface area contributed by atoms with Gasteiger partial charge < -0.3 is 14.5 Å². The molecule has 0 aliphatic carbocycles. The van der Waals surface area contributed by atoms with E-state index in [4.69, 9.17) is 4.74 Å². The molecular weight excluding hydrogens is 230 g/mol. The molecule has 2 unspecified atom stereocenters. The van der Waals surface area contributed by atoms with E-state index in [9.17, 15) is 4.79 Å². The average Bonchev–Trinajstić information content (AvgIpc) is 2.90. The molecule has 18 heavy (non-hydrogen) atoms. The third-order valence-electron chi connectivity index (χ3n) is 4.49. The lowest BCUT2D eigenvalue weighted by molar-refractivity contribution is -0.135. The molecule has 1 amide bonds. The molecule has 100 valence electrons. The molecule has 0 bridgehead atoms. The summed E-state index contributed by atoms with van der Waals surface area (Å²) in [5.74, 6) is 0.843. The first-order valence-corrected chi connectivity index (χ1v) is 6.66. The van der Waals surface area contributed by atoms with Crippen molar-refractivity contribution < 1.29 is 9.53 Å². The standard InChI is InChI=1S/C13H21N3O2/c1-9(18-3)12-13(17)16-7-10-5-4-6-15(10)11(16)8-14(12)2/h10-11H,4-8H2,1-3H3. The Labute approximate surface area is 108 Å². The van der Waals surface area contributed by atoms with Crippen molar-refractivity contribution in [3.63, 3.8) is 0 Å². The van der Waals surface area contributed by atoms with Gasteiger partial charge in [-0.25, -0.2) is 0 Å². The summed E-state index contributed by atoms with van der Waals surface area (Å²) in [6.07, 6.45) is 2.77. The van der Waals surface area contributed by atoms with Crippen LogP contribution in [0, 0.1) is 0 Å². The fourth-order valence-corrected chi connectivity index (χ4v) is 3.55. The highest BCUT2D eigenvalue weighted by atomic mass is 16.5. The van der Waals surface area contributed by atoms with E-state index >= 15 is 0 Å². The summed E-state index contributed by atoms with van der Waals surface area (Å²) in [6.45, 7) is 4.77. The highest BCUT2D eigenvalue weighted by molar-refractivity contribution is 5.94. The predicted octanol–water partition coefficient (Wildman–Crippen LogP) is 0.442. The monoisotopic (exact) mass is 251 g/mol. The van der Waals surface area contributed by atoms with Crippen molar-refractivity contribution in [2.45, 2.75) is 32.0 Å². The molecule has 0 saturated carbocycles. The van der Waals surface area contributed by atoms with Gasteiger partial charge in [-0.1, -0.05) is 0 Å². The van der Waals surface area contributed by atoms with Crippen LogP contribution < -0.4 is 0 Å². The van der Waals surface area contributed by atoms with Gasteiger partial charge in [0.05, 0.1) is 13.7 Å². The number of piperazine rings is 1. The first-order valence-electron chi connectivity index (χ1n) is 6.66. The van der Waals surface area contributed by atoms with Crippen LogP contribution in [0.3, 0.4) is 0 Å². The summed E-state index contributed by atoms with van der Waals surface area (Å²) < 4.78 is 5.25. The highest BCUT2D eigenvalue weighted by Gasteiger charge is 2.48. The number of nitrogens with zero attached hydrogens (tertiary/aromatic N) is 3. The fraction of sp³-hybridized carbons (Fsp3) is 0.769. The van der Waals surface area contributed by atoms with Crippen LogP contribution in [0.15, 0.2) is 11.5 Å². The lowest BCUT2D eigenvalue weighted by Gasteiger charge is -2.40. The molecule has 3 saturated heterocycles. The summed E-state index contributed by atoms with van der Waals surface area (Å²) in [4.78, 5) is 19.1. The number of methoxy groups -OCH3 is 1. The zero-order chi connectivity index (χ0) is 12.9. The molecule has 2 atom stereocenters. The molecule has 5 nitrogen and oxygen atoms in total. The van der Waals surface area contributed by atoms with E-state index in [1.54, 1.807) is 7.11 Å². The molecule has 0 aromatic rings. The number of carbonyl (C=O) groups excluding carboxylic acids is 1. The second-order valence-electron chi connectivity index (χ2n) is 5.46. The summed E-state index contributed by atoms with van der Waals surface area (Å²) in [5, 5.41) is 0. The molecular formula is C13H21N3O2. The molecule has 0 aromatic heterocycles. The number of rotatable bonds is 1. The first-order chi connectivity index (χ1) is 8.63. The van der Waals surface area contributed by atoms with E-state index < -0.39 is 0 Å². The Hall–Kier alpha value is -1.23. The zero-order valence-corrected chi connectivity index (χ0v) is 11.3. The molecule has 3 aliphatic rings. The quantitative estimate of drug-likeness (QED) is 0.500. The molecule has 5 heteroatoms. The van der Waals surface area contributed by atoms with E-state index in [2.05, 4.69) is 4.90 Å². The lowest BCUT2D eigenvalue weighted by Crippen LogP contribution is -2.55. The van der Waals surface area contributed by atoms with Crippen molar-refractivity contribution in [1.29, 1.82) is 0 Å². The Bertz CT molecular complexity index is 407. The summed E-state index contributed by atoms with van der Waals surface area (Å²) in [7, 11) is 3.61. The number of hydrogen-bond donors (Lipinski definition) is 0. The Balaban J connectivity index is 1.90. The lowest BCUT2D eigenvalue weighted by atomic mass is 10.2. The van der Waals surface area contributed by atoms with Crippen LogP contribution >= 0.6 is 0 Å². The number of amides is 1. The third-order valence-corrected chi connectivity index (χ3v) is 4.49. The van der Waals surface area contributed by atoms with Gasteiger partial charge in [0.25, 0.3) is 5.91 Å². The van der Waals surface area contributed by atoms with Crippen LogP contribution in [0.5, 0.6) is 0 Å². The number of ether oxygens (including phenoxy) is 1. The molecule has 0 spiro atoms. The van der Waals surface area contributed by atoms with Gasteiger partial charge >= 0.3 is 0 Å². The minimum atomic E-state index is 0.127. The van der Waals surface area contributed by atoms with E-state index in [1.807, 2.05) is 23.8 Å². The Morgan fingerprint density at radius 2 is 2.17 bits per heavy atom. The van der Waals surface area contributed by atoms with E-state index in [0.717, 1.165) is 25.3 Å². The smallest absolute Gasteiger partial charge is 0.274 e. The predicted molar refractivity (Wildman–Crippen MR) is 67.6 cm³/mol. The molecule has 0 aromatic carbocycles. The number of hydrogen-bond acceptors (Lipinski definition) is 4. The fourth-order valence-electron chi connectivity index (χ4n) is 3.55. The summed E-state index contributed by atoms with van der Waals surface area (Å²) >= 11 is 0. The van der Waals surface area contributed by atoms with Crippen LogP contribution in [0.25, 0.3) is 0 Å².